The van der Waals surface area contributed by atoms with Gasteiger partial charge in [-0.2, -0.15) is 0 Å². The lowest BCUT2D eigenvalue weighted by Gasteiger charge is -2.47. The molecule has 1 fully saturated rings. The summed E-state index contributed by atoms with van der Waals surface area (Å²) in [4.78, 5) is 48.0. The number of rotatable bonds is 4. The molecule has 9 nitrogen and oxygen atoms in total. The van der Waals surface area contributed by atoms with Crippen LogP contribution in [0.5, 0.6) is 5.88 Å². The van der Waals surface area contributed by atoms with Crippen molar-refractivity contribution in [1.82, 2.24) is 14.9 Å². The number of carbonyl (C=O) groups is 3. The first-order valence-electron chi connectivity index (χ1n) is 10.5. The molecule has 0 bridgehead atoms. The highest BCUT2D eigenvalue weighted by molar-refractivity contribution is 7.16. The molecule has 3 amide bonds. The number of pyridine rings is 1. The van der Waals surface area contributed by atoms with Crippen molar-refractivity contribution >= 4 is 45.0 Å². The third-order valence-electron chi connectivity index (χ3n) is 6.17. The van der Waals surface area contributed by atoms with Gasteiger partial charge in [-0.05, 0) is 49.4 Å². The zero-order valence-corrected chi connectivity index (χ0v) is 19.4. The fraction of sp³-hybridized carbons (Fsp3) is 0.348. The van der Waals surface area contributed by atoms with Gasteiger partial charge < -0.3 is 20.7 Å². The van der Waals surface area contributed by atoms with Crippen LogP contribution < -0.4 is 15.8 Å². The first-order chi connectivity index (χ1) is 15.7. The van der Waals surface area contributed by atoms with Gasteiger partial charge in [0.2, 0.25) is 5.88 Å². The first kappa shape index (κ1) is 22.7. The number of methoxy groups -OCH3 is 1. The zero-order valence-electron chi connectivity index (χ0n) is 18.6. The number of hydrogen-bond acceptors (Lipinski definition) is 7. The number of carbonyl (C=O) groups excluding carboxylic acids is 3. The van der Waals surface area contributed by atoms with Crippen LogP contribution in [0.1, 0.15) is 42.6 Å². The number of hydrogen-bond donors (Lipinski definition) is 2. The monoisotopic (exact) mass is 467 g/mol. The first-order valence-corrected chi connectivity index (χ1v) is 11.4. The van der Waals surface area contributed by atoms with Gasteiger partial charge in [0.1, 0.15) is 5.56 Å². The fourth-order valence-electron chi connectivity index (χ4n) is 4.23. The molecule has 0 spiro atoms. The van der Waals surface area contributed by atoms with Crippen molar-refractivity contribution in [2.75, 3.05) is 19.0 Å². The molecule has 1 saturated heterocycles. The Kier molecular flexibility index (Phi) is 6.03. The molecular weight excluding hydrogens is 442 g/mol. The molecule has 2 aromatic heterocycles. The van der Waals surface area contributed by atoms with Crippen LogP contribution >= 0.6 is 11.3 Å². The lowest BCUT2D eigenvalue weighted by molar-refractivity contribution is -0.150. The standard InChI is InChI=1S/C23H25N5O4S/c1-13-6-7-23(2,14-4-5-18-17(8-14)26-12-33-18)28(11-13)22(31)20(30)27-15-9-16(19(24)29)21(32-3)25-10-15/h4-5,8-10,12-13H,6-7,11H2,1-3H3,(H2,24,29)(H,27,30)/t13-,23-/m0/s1. The molecule has 4 rings (SSSR count). The second-order valence-corrected chi connectivity index (χ2v) is 9.35. The Bertz CT molecular complexity index is 1240. The van der Waals surface area contributed by atoms with Gasteiger partial charge in [0, 0.05) is 6.54 Å². The quantitative estimate of drug-likeness (QED) is 0.568. The Morgan fingerprint density at radius 1 is 1.27 bits per heavy atom. The summed E-state index contributed by atoms with van der Waals surface area (Å²) in [5.41, 5.74) is 8.50. The van der Waals surface area contributed by atoms with Crippen LogP contribution in [0.3, 0.4) is 0 Å². The smallest absolute Gasteiger partial charge is 0.313 e. The maximum Gasteiger partial charge on any atom is 0.313 e. The number of nitrogens with two attached hydrogens (primary N) is 1. The van der Waals surface area contributed by atoms with Crippen LogP contribution in [0.15, 0.2) is 36.0 Å². The molecule has 2 atom stereocenters. The summed E-state index contributed by atoms with van der Waals surface area (Å²) in [6.07, 6.45) is 2.96. The highest BCUT2D eigenvalue weighted by atomic mass is 32.1. The van der Waals surface area contributed by atoms with Crippen LogP contribution in [-0.2, 0) is 15.1 Å². The molecule has 0 unspecified atom stereocenters. The summed E-state index contributed by atoms with van der Waals surface area (Å²) in [6.45, 7) is 4.50. The van der Waals surface area contributed by atoms with Crippen LogP contribution in [0, 0.1) is 5.92 Å². The second kappa shape index (κ2) is 8.78. The van der Waals surface area contributed by atoms with Crippen LogP contribution in [0.25, 0.3) is 10.2 Å². The van der Waals surface area contributed by atoms with E-state index in [0.29, 0.717) is 6.54 Å². The van der Waals surface area contributed by atoms with Gasteiger partial charge >= 0.3 is 11.8 Å². The van der Waals surface area contributed by atoms with Crippen molar-refractivity contribution in [3.63, 3.8) is 0 Å². The van der Waals surface area contributed by atoms with Gasteiger partial charge in [-0.25, -0.2) is 9.97 Å². The predicted molar refractivity (Wildman–Crippen MR) is 125 cm³/mol. The number of thiazole rings is 1. The van der Waals surface area contributed by atoms with Gasteiger partial charge in [0.25, 0.3) is 5.91 Å². The molecule has 33 heavy (non-hydrogen) atoms. The molecule has 0 saturated carbocycles. The number of piperidine rings is 1. The van der Waals surface area contributed by atoms with Crippen molar-refractivity contribution in [3.05, 3.63) is 47.1 Å². The van der Waals surface area contributed by atoms with E-state index in [1.807, 2.05) is 25.1 Å². The average Bonchev–Trinajstić information content (AvgIpc) is 3.28. The largest absolute Gasteiger partial charge is 0.480 e. The minimum absolute atomic E-state index is 0.00995. The number of aromatic nitrogens is 2. The number of benzene rings is 1. The van der Waals surface area contributed by atoms with E-state index in [1.54, 1.807) is 21.7 Å². The molecule has 1 aromatic carbocycles. The van der Waals surface area contributed by atoms with Gasteiger partial charge in [-0.15, -0.1) is 11.3 Å². The van der Waals surface area contributed by atoms with E-state index in [1.165, 1.54) is 19.4 Å². The zero-order chi connectivity index (χ0) is 23.8. The molecule has 10 heteroatoms. The Hall–Kier alpha value is -3.53. The van der Waals surface area contributed by atoms with Crippen LogP contribution in [-0.4, -0.2) is 46.2 Å². The lowest BCUT2D eigenvalue weighted by atomic mass is 9.79. The number of fused-ring (bicyclic) bond motifs is 1. The summed E-state index contributed by atoms with van der Waals surface area (Å²) in [5, 5.41) is 2.55. The summed E-state index contributed by atoms with van der Waals surface area (Å²) >= 11 is 1.56. The third kappa shape index (κ3) is 4.25. The van der Waals surface area contributed by atoms with Crippen molar-refractivity contribution < 1.29 is 19.1 Å². The molecule has 0 radical (unpaired) electrons. The van der Waals surface area contributed by atoms with E-state index in [4.69, 9.17) is 10.5 Å². The van der Waals surface area contributed by atoms with Crippen LogP contribution in [0.2, 0.25) is 0 Å². The number of anilines is 1. The summed E-state index contributed by atoms with van der Waals surface area (Å²) in [5.74, 6) is -1.92. The lowest BCUT2D eigenvalue weighted by Crippen LogP contribution is -2.55. The minimum atomic E-state index is -0.813. The van der Waals surface area contributed by atoms with E-state index in [0.717, 1.165) is 28.6 Å². The molecule has 172 valence electrons. The normalized spacial score (nSPS) is 20.5. The maximum absolute atomic E-state index is 13.4. The van der Waals surface area contributed by atoms with Gasteiger partial charge in [-0.3, -0.25) is 14.4 Å². The number of nitrogens with zero attached hydrogens (tertiary/aromatic N) is 3. The number of nitrogens with one attached hydrogen (secondary N) is 1. The van der Waals surface area contributed by atoms with E-state index < -0.39 is 23.3 Å². The summed E-state index contributed by atoms with van der Waals surface area (Å²) in [6, 6.07) is 7.34. The van der Waals surface area contributed by atoms with Crippen molar-refractivity contribution in [2.45, 2.75) is 32.2 Å². The topological polar surface area (TPSA) is 128 Å². The van der Waals surface area contributed by atoms with E-state index in [9.17, 15) is 14.4 Å². The third-order valence-corrected chi connectivity index (χ3v) is 6.98. The second-order valence-electron chi connectivity index (χ2n) is 8.47. The number of ether oxygens (including phenoxy) is 1. The summed E-state index contributed by atoms with van der Waals surface area (Å²) in [7, 11) is 1.36. The van der Waals surface area contributed by atoms with Gasteiger partial charge in [-0.1, -0.05) is 13.0 Å². The predicted octanol–water partition coefficient (Wildman–Crippen LogP) is 2.91. The van der Waals surface area contributed by atoms with E-state index >= 15 is 0 Å². The van der Waals surface area contributed by atoms with Crippen molar-refractivity contribution in [3.8, 4) is 5.88 Å². The van der Waals surface area contributed by atoms with E-state index in [-0.39, 0.29) is 23.0 Å². The highest BCUT2D eigenvalue weighted by Gasteiger charge is 2.43. The molecule has 1 aliphatic rings. The molecule has 3 heterocycles. The van der Waals surface area contributed by atoms with Crippen molar-refractivity contribution in [1.29, 1.82) is 0 Å². The molecule has 3 N–H and O–H groups in total. The number of primary amides is 1. The molecule has 1 aliphatic heterocycles. The Balaban J connectivity index is 1.62. The van der Waals surface area contributed by atoms with Crippen molar-refractivity contribution in [2.24, 2.45) is 11.7 Å². The van der Waals surface area contributed by atoms with E-state index in [2.05, 4.69) is 22.2 Å². The number of likely N-dealkylation sites (tertiary alicyclic amines) is 1. The molecule has 0 aliphatic carbocycles. The van der Waals surface area contributed by atoms with Gasteiger partial charge in [0.05, 0.1) is 40.3 Å². The Morgan fingerprint density at radius 3 is 2.79 bits per heavy atom. The fourth-order valence-corrected chi connectivity index (χ4v) is 4.89. The Morgan fingerprint density at radius 2 is 2.06 bits per heavy atom. The SMILES string of the molecule is COc1ncc(NC(=O)C(=O)N2C[C@@H](C)CC[C@@]2(C)c2ccc3scnc3c2)cc1C(N)=O. The minimum Gasteiger partial charge on any atom is -0.480 e. The highest BCUT2D eigenvalue weighted by Crippen LogP contribution is 2.40. The average molecular weight is 468 g/mol. The summed E-state index contributed by atoms with van der Waals surface area (Å²) < 4.78 is 6.09. The molecular formula is C23H25N5O4S. The number of amides is 3. The maximum atomic E-state index is 13.4. The Labute approximate surface area is 195 Å². The van der Waals surface area contributed by atoms with Gasteiger partial charge in [0.15, 0.2) is 0 Å². The van der Waals surface area contributed by atoms with Crippen LogP contribution in [0.4, 0.5) is 5.69 Å². The molecule has 3 aromatic rings.